The third-order valence-electron chi connectivity index (χ3n) is 4.68. The summed E-state index contributed by atoms with van der Waals surface area (Å²) in [5, 5.41) is 12.2. The van der Waals surface area contributed by atoms with E-state index in [4.69, 9.17) is 0 Å². The van der Waals surface area contributed by atoms with Crippen LogP contribution in [0.25, 0.3) is 0 Å². The molecule has 2 fully saturated rings. The van der Waals surface area contributed by atoms with Gasteiger partial charge in [0.05, 0.1) is 0 Å². The minimum atomic E-state index is -1.05. The second-order valence-electron chi connectivity index (χ2n) is 6.19. The highest BCUT2D eigenvalue weighted by Crippen LogP contribution is 2.30. The smallest absolute Gasteiger partial charge is 0.329 e. The molecule has 1 saturated carbocycles. The molecule has 0 aromatic carbocycles. The van der Waals surface area contributed by atoms with Gasteiger partial charge in [0.25, 0.3) is 0 Å². The van der Waals surface area contributed by atoms with Crippen molar-refractivity contribution in [2.75, 3.05) is 27.2 Å². The summed E-state index contributed by atoms with van der Waals surface area (Å²) in [6.07, 6.45) is 4.85. The van der Waals surface area contributed by atoms with E-state index in [2.05, 4.69) is 10.2 Å². The molecule has 0 aromatic heterocycles. The first-order valence-electron chi connectivity index (χ1n) is 7.41. The van der Waals surface area contributed by atoms with Crippen molar-refractivity contribution in [1.82, 2.24) is 15.1 Å². The van der Waals surface area contributed by atoms with Gasteiger partial charge in [-0.1, -0.05) is 12.8 Å². The maximum Gasteiger partial charge on any atom is 0.329 e. The lowest BCUT2D eigenvalue weighted by atomic mass is 9.98. The maximum atomic E-state index is 12.3. The molecule has 114 valence electrons. The second kappa shape index (κ2) is 5.99. The summed E-state index contributed by atoms with van der Waals surface area (Å²) in [6.45, 7) is 1.91. The van der Waals surface area contributed by atoms with Crippen molar-refractivity contribution in [3.63, 3.8) is 0 Å². The van der Waals surface area contributed by atoms with E-state index < -0.39 is 11.5 Å². The molecule has 0 aromatic rings. The van der Waals surface area contributed by atoms with Crippen LogP contribution in [0.1, 0.15) is 38.5 Å². The number of nitrogens with zero attached hydrogens (tertiary/aromatic N) is 2. The number of carboxylic acids is 1. The van der Waals surface area contributed by atoms with Gasteiger partial charge < -0.3 is 20.2 Å². The van der Waals surface area contributed by atoms with E-state index in [9.17, 15) is 14.7 Å². The van der Waals surface area contributed by atoms with E-state index in [-0.39, 0.29) is 12.1 Å². The molecule has 1 atom stereocenters. The molecule has 0 spiro atoms. The highest BCUT2D eigenvalue weighted by molar-refractivity contribution is 5.86. The van der Waals surface area contributed by atoms with Crippen molar-refractivity contribution in [2.45, 2.75) is 50.1 Å². The molecule has 1 aliphatic heterocycles. The molecule has 2 amide bonds. The first kappa shape index (κ1) is 15.1. The Morgan fingerprint density at radius 2 is 1.95 bits per heavy atom. The predicted molar refractivity (Wildman–Crippen MR) is 75.6 cm³/mol. The highest BCUT2D eigenvalue weighted by Gasteiger charge is 2.43. The SMILES string of the molecule is CN1CCCC(N(C)C(=O)NC2(C(=O)O)CCCC2)C1. The number of hydrogen-bond donors (Lipinski definition) is 2. The van der Waals surface area contributed by atoms with Crippen molar-refractivity contribution in [3.05, 3.63) is 0 Å². The van der Waals surface area contributed by atoms with Crippen LogP contribution in [-0.4, -0.2) is 65.7 Å². The average molecular weight is 283 g/mol. The predicted octanol–water partition coefficient (Wildman–Crippen LogP) is 1.12. The molecule has 6 heteroatoms. The van der Waals surface area contributed by atoms with Gasteiger partial charge in [0.15, 0.2) is 0 Å². The quantitative estimate of drug-likeness (QED) is 0.814. The lowest BCUT2D eigenvalue weighted by Crippen LogP contribution is -2.58. The molecule has 1 aliphatic carbocycles. The van der Waals surface area contributed by atoms with Crippen LogP contribution in [0.15, 0.2) is 0 Å². The van der Waals surface area contributed by atoms with Gasteiger partial charge in [-0.3, -0.25) is 0 Å². The van der Waals surface area contributed by atoms with Crippen molar-refractivity contribution in [2.24, 2.45) is 0 Å². The minimum Gasteiger partial charge on any atom is -0.480 e. The van der Waals surface area contributed by atoms with Crippen molar-refractivity contribution in [1.29, 1.82) is 0 Å². The van der Waals surface area contributed by atoms with Gasteiger partial charge in [0, 0.05) is 19.6 Å². The van der Waals surface area contributed by atoms with Crippen molar-refractivity contribution in [3.8, 4) is 0 Å². The van der Waals surface area contributed by atoms with Crippen molar-refractivity contribution >= 4 is 12.0 Å². The highest BCUT2D eigenvalue weighted by atomic mass is 16.4. The number of carboxylic acid groups (broad SMARTS) is 1. The van der Waals surface area contributed by atoms with E-state index in [0.29, 0.717) is 12.8 Å². The van der Waals surface area contributed by atoms with Gasteiger partial charge in [0.1, 0.15) is 5.54 Å². The summed E-state index contributed by atoms with van der Waals surface area (Å²) in [6, 6.07) is -0.0874. The number of nitrogens with one attached hydrogen (secondary N) is 1. The Labute approximate surface area is 120 Å². The van der Waals surface area contributed by atoms with Crippen molar-refractivity contribution < 1.29 is 14.7 Å². The van der Waals surface area contributed by atoms with Crippen LogP contribution in [0.5, 0.6) is 0 Å². The summed E-state index contributed by atoms with van der Waals surface area (Å²) >= 11 is 0. The van der Waals surface area contributed by atoms with Gasteiger partial charge >= 0.3 is 12.0 Å². The van der Waals surface area contributed by atoms with Crippen LogP contribution >= 0.6 is 0 Å². The molecule has 0 bridgehead atoms. The van der Waals surface area contributed by atoms with E-state index >= 15 is 0 Å². The lowest BCUT2D eigenvalue weighted by Gasteiger charge is -2.37. The monoisotopic (exact) mass is 283 g/mol. The molecule has 2 aliphatic rings. The van der Waals surface area contributed by atoms with Crippen LogP contribution in [-0.2, 0) is 4.79 Å². The molecule has 1 saturated heterocycles. The minimum absolute atomic E-state index is 0.168. The molecule has 2 N–H and O–H groups in total. The number of aliphatic carboxylic acids is 1. The number of hydrogen-bond acceptors (Lipinski definition) is 3. The summed E-state index contributed by atoms with van der Waals surface area (Å²) < 4.78 is 0. The van der Waals surface area contributed by atoms with Crippen LogP contribution in [0, 0.1) is 0 Å². The number of rotatable bonds is 3. The standard InChI is InChI=1S/C14H25N3O3/c1-16-9-5-6-11(10-16)17(2)13(20)15-14(12(18)19)7-3-4-8-14/h11H,3-10H2,1-2H3,(H,15,20)(H,18,19). The Balaban J connectivity index is 1.98. The fraction of sp³-hybridized carbons (Fsp3) is 0.857. The third-order valence-corrected chi connectivity index (χ3v) is 4.68. The first-order valence-corrected chi connectivity index (χ1v) is 7.41. The topological polar surface area (TPSA) is 72.9 Å². The Kier molecular flexibility index (Phi) is 4.52. The maximum absolute atomic E-state index is 12.3. The van der Waals surface area contributed by atoms with E-state index in [1.54, 1.807) is 11.9 Å². The largest absolute Gasteiger partial charge is 0.480 e. The first-order chi connectivity index (χ1) is 9.44. The fourth-order valence-corrected chi connectivity index (χ4v) is 3.28. The molecule has 0 radical (unpaired) electrons. The van der Waals surface area contributed by atoms with Gasteiger partial charge in [-0.05, 0) is 39.3 Å². The lowest BCUT2D eigenvalue weighted by molar-refractivity contribution is -0.144. The summed E-state index contributed by atoms with van der Waals surface area (Å²) in [5.74, 6) is -0.905. The number of amides is 2. The second-order valence-corrected chi connectivity index (χ2v) is 6.19. The third kappa shape index (κ3) is 3.06. The number of carbonyl (C=O) groups excluding carboxylic acids is 1. The van der Waals surface area contributed by atoms with E-state index in [0.717, 1.165) is 38.8 Å². The Morgan fingerprint density at radius 1 is 1.30 bits per heavy atom. The molecule has 20 heavy (non-hydrogen) atoms. The van der Waals surface area contributed by atoms with Crippen LogP contribution < -0.4 is 5.32 Å². The molecule has 6 nitrogen and oxygen atoms in total. The number of likely N-dealkylation sites (N-methyl/N-ethyl adjacent to an activating group) is 2. The zero-order chi connectivity index (χ0) is 14.8. The van der Waals surface area contributed by atoms with Gasteiger partial charge in [-0.15, -0.1) is 0 Å². The Hall–Kier alpha value is -1.30. The van der Waals surface area contributed by atoms with Crippen LogP contribution in [0.3, 0.4) is 0 Å². The fourth-order valence-electron chi connectivity index (χ4n) is 3.28. The van der Waals surface area contributed by atoms with Crippen LogP contribution in [0.2, 0.25) is 0 Å². The number of carbonyl (C=O) groups is 2. The molecule has 1 heterocycles. The summed E-state index contributed by atoms with van der Waals surface area (Å²) in [5.41, 5.74) is -1.05. The molecular weight excluding hydrogens is 258 g/mol. The Bertz CT molecular complexity index is 380. The normalized spacial score (nSPS) is 26.2. The zero-order valence-electron chi connectivity index (χ0n) is 12.4. The van der Waals surface area contributed by atoms with Gasteiger partial charge in [-0.2, -0.15) is 0 Å². The zero-order valence-corrected chi connectivity index (χ0v) is 12.4. The van der Waals surface area contributed by atoms with Gasteiger partial charge in [-0.25, -0.2) is 9.59 Å². The molecule has 1 unspecified atom stereocenters. The van der Waals surface area contributed by atoms with E-state index in [1.165, 1.54) is 0 Å². The van der Waals surface area contributed by atoms with E-state index in [1.807, 2.05) is 7.05 Å². The average Bonchev–Trinajstić information content (AvgIpc) is 2.87. The molecule has 2 rings (SSSR count). The Morgan fingerprint density at radius 3 is 2.50 bits per heavy atom. The summed E-state index contributed by atoms with van der Waals surface area (Å²) in [7, 11) is 3.82. The van der Waals surface area contributed by atoms with Crippen LogP contribution in [0.4, 0.5) is 4.79 Å². The summed E-state index contributed by atoms with van der Waals surface area (Å²) in [4.78, 5) is 27.7. The number of urea groups is 1. The number of likely N-dealkylation sites (tertiary alicyclic amines) is 1. The van der Waals surface area contributed by atoms with Gasteiger partial charge in [0.2, 0.25) is 0 Å². The number of piperidine rings is 1. The molecular formula is C14H25N3O3.